The first-order valence-corrected chi connectivity index (χ1v) is 10.8. The van der Waals surface area contributed by atoms with Crippen LogP contribution >= 0.6 is 11.5 Å². The molecule has 1 N–H and O–H groups in total. The average molecular weight is 427 g/mol. The van der Waals surface area contributed by atoms with Gasteiger partial charge in [-0.05, 0) is 32.3 Å². The number of carbonyl (C=O) groups is 1. The van der Waals surface area contributed by atoms with Gasteiger partial charge in [-0.3, -0.25) is 9.69 Å². The summed E-state index contributed by atoms with van der Waals surface area (Å²) >= 11 is 1.33. The van der Waals surface area contributed by atoms with Crippen molar-refractivity contribution < 1.29 is 9.32 Å². The molecule has 0 saturated carbocycles. The van der Waals surface area contributed by atoms with Crippen LogP contribution in [-0.4, -0.2) is 63.4 Å². The van der Waals surface area contributed by atoms with Gasteiger partial charge in [-0.15, -0.1) is 0 Å². The van der Waals surface area contributed by atoms with Gasteiger partial charge in [-0.2, -0.15) is 9.36 Å². The fourth-order valence-corrected chi connectivity index (χ4v) is 4.38. The summed E-state index contributed by atoms with van der Waals surface area (Å²) in [6, 6.07) is 8.07. The monoisotopic (exact) mass is 426 g/mol. The van der Waals surface area contributed by atoms with Crippen LogP contribution < -0.4 is 5.32 Å². The number of benzene rings is 1. The zero-order chi connectivity index (χ0) is 21.3. The molecule has 3 heterocycles. The molecule has 2 aromatic heterocycles. The fraction of sp³-hybridized carbons (Fsp3) is 0.429. The highest BCUT2D eigenvalue weighted by Crippen LogP contribution is 2.27. The number of carbonyl (C=O) groups excluding carboxylic acids is 1. The zero-order valence-corrected chi connectivity index (χ0v) is 18.5. The second-order valence-corrected chi connectivity index (χ2v) is 8.32. The molecule has 30 heavy (non-hydrogen) atoms. The summed E-state index contributed by atoms with van der Waals surface area (Å²) < 4.78 is 9.86. The number of nitrogens with zero attached hydrogens (tertiary/aromatic N) is 5. The van der Waals surface area contributed by atoms with Crippen LogP contribution in [0.25, 0.3) is 11.4 Å². The molecular formula is C21H26N6O2S. The van der Waals surface area contributed by atoms with Gasteiger partial charge in [0.1, 0.15) is 5.00 Å². The van der Waals surface area contributed by atoms with Gasteiger partial charge in [0, 0.05) is 38.8 Å². The lowest BCUT2D eigenvalue weighted by Crippen LogP contribution is -2.49. The number of piperazine rings is 1. The molecule has 0 bridgehead atoms. The van der Waals surface area contributed by atoms with Crippen LogP contribution in [0.4, 0.5) is 5.00 Å². The SMILES string of the molecule is CNc1snc(C)c1C(=O)N1CCN([C@@H](C)c2nc(-c3ccc(C)cc3)no2)CC1. The first-order chi connectivity index (χ1) is 14.5. The smallest absolute Gasteiger partial charge is 0.258 e. The molecule has 1 aliphatic rings. The van der Waals surface area contributed by atoms with Crippen LogP contribution in [0.2, 0.25) is 0 Å². The van der Waals surface area contributed by atoms with Crippen molar-refractivity contribution in [2.24, 2.45) is 0 Å². The molecule has 1 aliphatic heterocycles. The van der Waals surface area contributed by atoms with Gasteiger partial charge in [-0.1, -0.05) is 35.0 Å². The topological polar surface area (TPSA) is 87.4 Å². The molecule has 1 amide bonds. The van der Waals surface area contributed by atoms with Gasteiger partial charge in [0.15, 0.2) is 0 Å². The number of anilines is 1. The summed E-state index contributed by atoms with van der Waals surface area (Å²) in [7, 11) is 1.82. The minimum absolute atomic E-state index is 0.00799. The van der Waals surface area contributed by atoms with E-state index in [0.717, 1.165) is 29.3 Å². The lowest BCUT2D eigenvalue weighted by Gasteiger charge is -2.36. The van der Waals surface area contributed by atoms with Gasteiger partial charge < -0.3 is 14.7 Å². The van der Waals surface area contributed by atoms with E-state index in [1.165, 1.54) is 17.1 Å². The fourth-order valence-electron chi connectivity index (χ4n) is 3.64. The van der Waals surface area contributed by atoms with Crippen LogP contribution in [0.5, 0.6) is 0 Å². The highest BCUT2D eigenvalue weighted by molar-refractivity contribution is 7.10. The maximum absolute atomic E-state index is 13.0. The van der Waals surface area contributed by atoms with Crippen LogP contribution in [0.3, 0.4) is 0 Å². The third-order valence-electron chi connectivity index (χ3n) is 5.56. The summed E-state index contributed by atoms with van der Waals surface area (Å²) in [6.45, 7) is 8.80. The van der Waals surface area contributed by atoms with E-state index in [9.17, 15) is 4.79 Å². The van der Waals surface area contributed by atoms with Crippen molar-refractivity contribution in [3.63, 3.8) is 0 Å². The van der Waals surface area contributed by atoms with Gasteiger partial charge in [0.25, 0.3) is 5.91 Å². The van der Waals surface area contributed by atoms with Gasteiger partial charge in [-0.25, -0.2) is 0 Å². The molecule has 9 heteroatoms. The Morgan fingerprint density at radius 2 is 1.87 bits per heavy atom. The second kappa shape index (κ2) is 8.53. The van der Waals surface area contributed by atoms with E-state index in [1.807, 2.05) is 50.1 Å². The molecule has 1 aromatic carbocycles. The number of amides is 1. The third-order valence-corrected chi connectivity index (χ3v) is 6.52. The number of nitrogens with one attached hydrogen (secondary N) is 1. The van der Waals surface area contributed by atoms with Crippen LogP contribution in [0.15, 0.2) is 28.8 Å². The molecule has 1 saturated heterocycles. The first kappa shape index (κ1) is 20.5. The van der Waals surface area contributed by atoms with E-state index in [2.05, 4.69) is 31.7 Å². The Hall–Kier alpha value is -2.78. The zero-order valence-electron chi connectivity index (χ0n) is 17.7. The Balaban J connectivity index is 1.40. The van der Waals surface area contributed by atoms with Crippen molar-refractivity contribution in [2.75, 3.05) is 38.5 Å². The molecule has 1 atom stereocenters. The van der Waals surface area contributed by atoms with Crippen molar-refractivity contribution >= 4 is 22.4 Å². The highest BCUT2D eigenvalue weighted by Gasteiger charge is 2.30. The van der Waals surface area contributed by atoms with Crippen molar-refractivity contribution in [3.05, 3.63) is 47.0 Å². The van der Waals surface area contributed by atoms with Crippen LogP contribution in [0.1, 0.15) is 40.5 Å². The van der Waals surface area contributed by atoms with Crippen molar-refractivity contribution in [1.82, 2.24) is 24.3 Å². The molecule has 1 fully saturated rings. The summed E-state index contributed by atoms with van der Waals surface area (Å²) in [6.07, 6.45) is 0. The number of aromatic nitrogens is 3. The number of rotatable bonds is 5. The molecule has 0 aliphatic carbocycles. The van der Waals surface area contributed by atoms with E-state index in [-0.39, 0.29) is 11.9 Å². The molecule has 8 nitrogen and oxygen atoms in total. The molecule has 0 unspecified atom stereocenters. The van der Waals surface area contributed by atoms with E-state index in [0.29, 0.717) is 30.4 Å². The second-order valence-electron chi connectivity index (χ2n) is 7.55. The minimum atomic E-state index is -0.00799. The van der Waals surface area contributed by atoms with Crippen molar-refractivity contribution in [1.29, 1.82) is 0 Å². The van der Waals surface area contributed by atoms with Crippen molar-refractivity contribution in [3.8, 4) is 11.4 Å². The van der Waals surface area contributed by atoms with Gasteiger partial charge in [0.05, 0.1) is 17.3 Å². The molecular weight excluding hydrogens is 400 g/mol. The Kier molecular flexibility index (Phi) is 5.83. The lowest BCUT2D eigenvalue weighted by atomic mass is 10.1. The first-order valence-electron chi connectivity index (χ1n) is 10.1. The Labute approximate surface area is 180 Å². The quantitative estimate of drug-likeness (QED) is 0.669. The molecule has 158 valence electrons. The minimum Gasteiger partial charge on any atom is -0.378 e. The Morgan fingerprint density at radius 3 is 2.53 bits per heavy atom. The highest BCUT2D eigenvalue weighted by atomic mass is 32.1. The van der Waals surface area contributed by atoms with E-state index < -0.39 is 0 Å². The summed E-state index contributed by atoms with van der Waals surface area (Å²) in [4.78, 5) is 21.8. The van der Waals surface area contributed by atoms with Gasteiger partial charge in [0.2, 0.25) is 11.7 Å². The normalized spacial score (nSPS) is 15.9. The van der Waals surface area contributed by atoms with E-state index in [4.69, 9.17) is 4.52 Å². The maximum atomic E-state index is 13.0. The molecule has 3 aromatic rings. The third kappa shape index (κ3) is 3.95. The number of aryl methyl sites for hydroxylation is 2. The predicted octanol–water partition coefficient (Wildman–Crippen LogP) is 3.37. The predicted molar refractivity (Wildman–Crippen MR) is 117 cm³/mol. The maximum Gasteiger partial charge on any atom is 0.258 e. The van der Waals surface area contributed by atoms with Crippen LogP contribution in [-0.2, 0) is 0 Å². The summed E-state index contributed by atoms with van der Waals surface area (Å²) in [5, 5.41) is 8.04. The number of hydrogen-bond donors (Lipinski definition) is 1. The summed E-state index contributed by atoms with van der Waals surface area (Å²) in [5.41, 5.74) is 3.60. The molecule has 0 spiro atoms. The van der Waals surface area contributed by atoms with Gasteiger partial charge >= 0.3 is 0 Å². The Morgan fingerprint density at radius 1 is 1.17 bits per heavy atom. The standard InChI is InChI=1S/C21H26N6O2S/c1-13-5-7-16(8-6-13)18-23-19(29-24-18)15(3)26-9-11-27(12-10-26)21(28)17-14(2)25-30-20(17)22-4/h5-8,15,22H,9-12H2,1-4H3/t15-/m0/s1. The Bertz CT molecular complexity index is 1020. The largest absolute Gasteiger partial charge is 0.378 e. The summed E-state index contributed by atoms with van der Waals surface area (Å²) in [5.74, 6) is 1.24. The average Bonchev–Trinajstić information content (AvgIpc) is 3.40. The van der Waals surface area contributed by atoms with Crippen molar-refractivity contribution in [2.45, 2.75) is 26.8 Å². The van der Waals surface area contributed by atoms with E-state index >= 15 is 0 Å². The molecule has 0 radical (unpaired) electrons. The van der Waals surface area contributed by atoms with Crippen LogP contribution in [0, 0.1) is 13.8 Å². The van der Waals surface area contributed by atoms with E-state index in [1.54, 1.807) is 0 Å². The lowest BCUT2D eigenvalue weighted by molar-refractivity contribution is 0.0552. The molecule has 4 rings (SSSR count). The number of hydrogen-bond acceptors (Lipinski definition) is 8.